The van der Waals surface area contributed by atoms with E-state index in [-0.39, 0.29) is 22.3 Å². The van der Waals surface area contributed by atoms with Crippen LogP contribution >= 0.6 is 23.2 Å². The summed E-state index contributed by atoms with van der Waals surface area (Å²) in [6.07, 6.45) is -4.39. The maximum absolute atomic E-state index is 12.4. The van der Waals surface area contributed by atoms with Gasteiger partial charge in [0.05, 0.1) is 22.8 Å². The van der Waals surface area contributed by atoms with Crippen molar-refractivity contribution >= 4 is 28.9 Å². The van der Waals surface area contributed by atoms with Gasteiger partial charge in [-0.3, -0.25) is 0 Å². The molecular formula is C10H8Cl2F3N. The van der Waals surface area contributed by atoms with Crippen LogP contribution in [0.4, 0.5) is 18.9 Å². The largest absolute Gasteiger partial charge is 0.416 e. The molecule has 0 aliphatic carbocycles. The highest BCUT2D eigenvalue weighted by atomic mass is 35.5. The van der Waals surface area contributed by atoms with Crippen LogP contribution in [0.25, 0.3) is 0 Å². The Labute approximate surface area is 101 Å². The molecule has 1 N–H and O–H groups in total. The Morgan fingerprint density at radius 2 is 2.00 bits per heavy atom. The van der Waals surface area contributed by atoms with Gasteiger partial charge in [0, 0.05) is 5.03 Å². The molecule has 0 saturated carbocycles. The normalized spacial score (nSPS) is 11.3. The maximum Gasteiger partial charge on any atom is 0.416 e. The van der Waals surface area contributed by atoms with Crippen LogP contribution in [0, 0.1) is 0 Å². The molecule has 1 aromatic rings. The van der Waals surface area contributed by atoms with E-state index in [1.165, 1.54) is 6.07 Å². The first-order chi connectivity index (χ1) is 7.30. The fourth-order valence-electron chi connectivity index (χ4n) is 1.03. The third-order valence-electron chi connectivity index (χ3n) is 1.76. The lowest BCUT2D eigenvalue weighted by molar-refractivity contribution is -0.137. The summed E-state index contributed by atoms with van der Waals surface area (Å²) in [7, 11) is 0. The molecule has 16 heavy (non-hydrogen) atoms. The van der Waals surface area contributed by atoms with Crippen LogP contribution in [0.3, 0.4) is 0 Å². The zero-order chi connectivity index (χ0) is 12.3. The second-order valence-corrected chi connectivity index (χ2v) is 4.00. The van der Waals surface area contributed by atoms with E-state index >= 15 is 0 Å². The van der Waals surface area contributed by atoms with Crippen molar-refractivity contribution in [2.45, 2.75) is 6.18 Å². The first-order valence-electron chi connectivity index (χ1n) is 4.24. The Morgan fingerprint density at radius 1 is 1.38 bits per heavy atom. The Bertz CT molecular complexity index is 402. The molecule has 0 heterocycles. The maximum atomic E-state index is 12.4. The Kier molecular flexibility index (Phi) is 4.10. The number of alkyl halides is 3. The molecule has 0 unspecified atom stereocenters. The van der Waals surface area contributed by atoms with Gasteiger partial charge in [-0.1, -0.05) is 29.8 Å². The number of hydrogen-bond donors (Lipinski definition) is 1. The number of halogens is 5. The van der Waals surface area contributed by atoms with Gasteiger partial charge < -0.3 is 5.32 Å². The Morgan fingerprint density at radius 3 is 2.50 bits per heavy atom. The van der Waals surface area contributed by atoms with E-state index in [0.29, 0.717) is 0 Å². The van der Waals surface area contributed by atoms with E-state index in [9.17, 15) is 13.2 Å². The summed E-state index contributed by atoms with van der Waals surface area (Å²) in [5, 5.41) is 3.15. The molecule has 0 aromatic heterocycles. The van der Waals surface area contributed by atoms with Gasteiger partial charge in [0.15, 0.2) is 0 Å². The minimum Gasteiger partial charge on any atom is -0.379 e. The summed E-state index contributed by atoms with van der Waals surface area (Å²) in [6.45, 7) is 3.56. The van der Waals surface area contributed by atoms with Crippen LogP contribution in [0.5, 0.6) is 0 Å². The SMILES string of the molecule is C=C(Cl)CNc1cc(C(F)(F)F)ccc1Cl. The zero-order valence-electron chi connectivity index (χ0n) is 8.04. The molecule has 0 radical (unpaired) electrons. The van der Waals surface area contributed by atoms with Crippen LogP contribution in [-0.2, 0) is 6.18 Å². The van der Waals surface area contributed by atoms with Crippen molar-refractivity contribution in [2.75, 3.05) is 11.9 Å². The average Bonchev–Trinajstić information content (AvgIpc) is 2.14. The van der Waals surface area contributed by atoms with Crippen LogP contribution in [-0.4, -0.2) is 6.54 Å². The summed E-state index contributed by atoms with van der Waals surface area (Å²) in [5.41, 5.74) is -0.585. The topological polar surface area (TPSA) is 12.0 Å². The van der Waals surface area contributed by atoms with Crippen LogP contribution < -0.4 is 5.32 Å². The summed E-state index contributed by atoms with van der Waals surface area (Å²) >= 11 is 11.2. The van der Waals surface area contributed by atoms with Gasteiger partial charge in [0.25, 0.3) is 0 Å². The first-order valence-corrected chi connectivity index (χ1v) is 5.00. The predicted molar refractivity (Wildman–Crippen MR) is 59.9 cm³/mol. The number of benzene rings is 1. The Balaban J connectivity index is 2.95. The predicted octanol–water partition coefficient (Wildman–Crippen LogP) is 4.52. The van der Waals surface area contributed by atoms with E-state index in [1.807, 2.05) is 0 Å². The van der Waals surface area contributed by atoms with E-state index in [4.69, 9.17) is 23.2 Å². The molecule has 6 heteroatoms. The lowest BCUT2D eigenvalue weighted by Gasteiger charge is -2.11. The first kappa shape index (κ1) is 13.2. The van der Waals surface area contributed by atoms with Crippen molar-refractivity contribution < 1.29 is 13.2 Å². The van der Waals surface area contributed by atoms with E-state index in [0.717, 1.165) is 12.1 Å². The van der Waals surface area contributed by atoms with E-state index in [1.54, 1.807) is 0 Å². The minimum atomic E-state index is -4.39. The fraction of sp³-hybridized carbons (Fsp3) is 0.200. The molecule has 1 nitrogen and oxygen atoms in total. The van der Waals surface area contributed by atoms with Crippen molar-refractivity contribution in [3.63, 3.8) is 0 Å². The number of anilines is 1. The van der Waals surface area contributed by atoms with Crippen LogP contribution in [0.1, 0.15) is 5.56 Å². The van der Waals surface area contributed by atoms with Gasteiger partial charge in [-0.25, -0.2) is 0 Å². The lowest BCUT2D eigenvalue weighted by atomic mass is 10.2. The van der Waals surface area contributed by atoms with Gasteiger partial charge in [-0.15, -0.1) is 0 Å². The molecule has 1 rings (SSSR count). The van der Waals surface area contributed by atoms with Crippen molar-refractivity contribution in [3.05, 3.63) is 40.4 Å². The van der Waals surface area contributed by atoms with Crippen molar-refractivity contribution in [1.29, 1.82) is 0 Å². The van der Waals surface area contributed by atoms with Gasteiger partial charge in [-0.05, 0) is 18.2 Å². The second-order valence-electron chi connectivity index (χ2n) is 3.06. The second kappa shape index (κ2) is 4.97. The van der Waals surface area contributed by atoms with Crippen molar-refractivity contribution in [1.82, 2.24) is 0 Å². The van der Waals surface area contributed by atoms with Crippen molar-refractivity contribution in [3.8, 4) is 0 Å². The standard InChI is InChI=1S/C10H8Cl2F3N/c1-6(11)5-16-9-4-7(10(13,14)15)2-3-8(9)12/h2-4,16H,1,5H2. The number of nitrogens with one attached hydrogen (secondary N) is 1. The van der Waals surface area contributed by atoms with Gasteiger partial charge in [0.1, 0.15) is 0 Å². The third kappa shape index (κ3) is 3.61. The summed E-state index contributed by atoms with van der Waals surface area (Å²) in [5.74, 6) is 0. The molecule has 0 spiro atoms. The van der Waals surface area contributed by atoms with Gasteiger partial charge in [-0.2, -0.15) is 13.2 Å². The molecule has 1 aromatic carbocycles. The molecule has 0 atom stereocenters. The lowest BCUT2D eigenvalue weighted by Crippen LogP contribution is -2.07. The molecule has 0 fully saturated rings. The quantitative estimate of drug-likeness (QED) is 0.851. The van der Waals surface area contributed by atoms with Gasteiger partial charge in [0.2, 0.25) is 0 Å². The number of hydrogen-bond acceptors (Lipinski definition) is 1. The average molecular weight is 270 g/mol. The van der Waals surface area contributed by atoms with E-state index in [2.05, 4.69) is 11.9 Å². The van der Waals surface area contributed by atoms with Crippen LogP contribution in [0.15, 0.2) is 29.8 Å². The van der Waals surface area contributed by atoms with Crippen molar-refractivity contribution in [2.24, 2.45) is 0 Å². The highest BCUT2D eigenvalue weighted by Gasteiger charge is 2.30. The summed E-state index contributed by atoms with van der Waals surface area (Å²) < 4.78 is 37.2. The smallest absolute Gasteiger partial charge is 0.379 e. The molecule has 0 amide bonds. The molecule has 0 aliphatic rings. The monoisotopic (exact) mass is 269 g/mol. The minimum absolute atomic E-state index is 0.155. The molecule has 0 saturated heterocycles. The summed E-state index contributed by atoms with van der Waals surface area (Å²) in [6, 6.07) is 3.04. The molecular weight excluding hydrogens is 262 g/mol. The third-order valence-corrected chi connectivity index (χ3v) is 2.23. The molecule has 88 valence electrons. The van der Waals surface area contributed by atoms with E-state index < -0.39 is 11.7 Å². The fourth-order valence-corrected chi connectivity index (χ4v) is 1.28. The highest BCUT2D eigenvalue weighted by molar-refractivity contribution is 6.33. The summed E-state index contributed by atoms with van der Waals surface area (Å²) in [4.78, 5) is 0. The molecule has 0 bridgehead atoms. The van der Waals surface area contributed by atoms with Crippen LogP contribution in [0.2, 0.25) is 5.02 Å². The molecule has 0 aliphatic heterocycles. The zero-order valence-corrected chi connectivity index (χ0v) is 9.55. The van der Waals surface area contributed by atoms with Gasteiger partial charge >= 0.3 is 6.18 Å². The Hall–Kier alpha value is -0.870. The number of rotatable bonds is 3. The highest BCUT2D eigenvalue weighted by Crippen LogP contribution is 2.33.